The lowest BCUT2D eigenvalue weighted by molar-refractivity contribution is 0.0936. The topological polar surface area (TPSA) is 29.5 Å². The molecule has 0 saturated heterocycles. The van der Waals surface area contributed by atoms with Gasteiger partial charge in [0.25, 0.3) is 0 Å². The first-order valence-electron chi connectivity index (χ1n) is 5.64. The molecule has 0 aliphatic carbocycles. The summed E-state index contributed by atoms with van der Waals surface area (Å²) in [5, 5.41) is 9.85. The highest BCUT2D eigenvalue weighted by molar-refractivity contribution is 5.63. The Balaban J connectivity index is 2.47. The first kappa shape index (κ1) is 11.1. The van der Waals surface area contributed by atoms with E-state index in [2.05, 4.69) is 26.0 Å². The molecule has 1 aliphatic rings. The van der Waals surface area contributed by atoms with Crippen molar-refractivity contribution < 1.29 is 9.84 Å². The third-order valence-electron chi connectivity index (χ3n) is 2.97. The van der Waals surface area contributed by atoms with Crippen molar-refractivity contribution in [1.82, 2.24) is 0 Å². The summed E-state index contributed by atoms with van der Waals surface area (Å²) >= 11 is 0. The largest absolute Gasteiger partial charge is 0.508 e. The van der Waals surface area contributed by atoms with Gasteiger partial charge in [0.05, 0.1) is 0 Å². The highest BCUT2D eigenvalue weighted by atomic mass is 16.5. The van der Waals surface area contributed by atoms with Gasteiger partial charge in [0.1, 0.15) is 11.5 Å². The molecule has 0 atom stereocenters. The van der Waals surface area contributed by atoms with Crippen LogP contribution in [0.4, 0.5) is 0 Å². The molecule has 0 fully saturated rings. The number of aliphatic hydroxyl groups is 1. The van der Waals surface area contributed by atoms with E-state index in [1.54, 1.807) is 6.08 Å². The number of aliphatic hydroxyl groups excluding tert-OH is 1. The fourth-order valence-corrected chi connectivity index (χ4v) is 1.78. The Kier molecular flexibility index (Phi) is 2.45. The molecule has 0 spiro atoms. The quantitative estimate of drug-likeness (QED) is 0.775. The minimum Gasteiger partial charge on any atom is -0.508 e. The third-order valence-corrected chi connectivity index (χ3v) is 2.97. The number of hydrogen-bond donors (Lipinski definition) is 1. The molecule has 0 aromatic heterocycles. The zero-order chi connectivity index (χ0) is 11.9. The molecule has 2 nitrogen and oxygen atoms in total. The zero-order valence-electron chi connectivity index (χ0n) is 10.2. The van der Waals surface area contributed by atoms with Crippen molar-refractivity contribution in [3.05, 3.63) is 35.1 Å². The Hall–Kier alpha value is -1.44. The summed E-state index contributed by atoms with van der Waals surface area (Å²) in [5.41, 5.74) is 1.60. The summed E-state index contributed by atoms with van der Waals surface area (Å²) in [6.07, 6.45) is 1.80. The molecule has 0 unspecified atom stereocenters. The first-order valence-corrected chi connectivity index (χ1v) is 5.64. The molecule has 86 valence electrons. The van der Waals surface area contributed by atoms with Crippen molar-refractivity contribution in [1.29, 1.82) is 0 Å². The van der Waals surface area contributed by atoms with E-state index in [9.17, 15) is 5.11 Å². The Bertz CT molecular complexity index is 442. The fourth-order valence-electron chi connectivity index (χ4n) is 1.78. The van der Waals surface area contributed by atoms with Crippen LogP contribution in [0.15, 0.2) is 24.0 Å². The second kappa shape index (κ2) is 3.55. The predicted molar refractivity (Wildman–Crippen MR) is 65.8 cm³/mol. The number of benzene rings is 1. The van der Waals surface area contributed by atoms with Crippen LogP contribution in [0.5, 0.6) is 5.75 Å². The molecule has 1 aromatic rings. The van der Waals surface area contributed by atoms with Crippen LogP contribution < -0.4 is 4.74 Å². The van der Waals surface area contributed by atoms with E-state index in [-0.39, 0.29) is 5.76 Å². The maximum absolute atomic E-state index is 9.85. The van der Waals surface area contributed by atoms with Gasteiger partial charge >= 0.3 is 0 Å². The van der Waals surface area contributed by atoms with Crippen LogP contribution in [0.2, 0.25) is 0 Å². The summed E-state index contributed by atoms with van der Waals surface area (Å²) in [7, 11) is 0. The first-order chi connectivity index (χ1) is 7.40. The van der Waals surface area contributed by atoms with Gasteiger partial charge in [-0.15, -0.1) is 0 Å². The average molecular weight is 218 g/mol. The van der Waals surface area contributed by atoms with E-state index in [4.69, 9.17) is 4.74 Å². The monoisotopic (exact) mass is 218 g/mol. The Morgan fingerprint density at radius 3 is 2.56 bits per heavy atom. The predicted octanol–water partition coefficient (Wildman–Crippen LogP) is 3.88. The molecule has 0 bridgehead atoms. The third kappa shape index (κ3) is 1.80. The van der Waals surface area contributed by atoms with Crippen LogP contribution in [-0.4, -0.2) is 10.7 Å². The Labute approximate surface area is 96.6 Å². The van der Waals surface area contributed by atoms with Crippen molar-refractivity contribution in [2.75, 3.05) is 0 Å². The molecule has 16 heavy (non-hydrogen) atoms. The fraction of sp³-hybridized carbons (Fsp3) is 0.429. The molecule has 1 aliphatic heterocycles. The SMILES string of the molecule is CC(C)c1ccc2c(c1)C=C(O)C(C)(C)O2. The van der Waals surface area contributed by atoms with Crippen molar-refractivity contribution >= 4 is 6.08 Å². The lowest BCUT2D eigenvalue weighted by Gasteiger charge is -2.30. The summed E-state index contributed by atoms with van der Waals surface area (Å²) < 4.78 is 5.75. The zero-order valence-corrected chi connectivity index (χ0v) is 10.2. The van der Waals surface area contributed by atoms with Crippen LogP contribution in [0.25, 0.3) is 6.08 Å². The number of hydrogen-bond acceptors (Lipinski definition) is 2. The van der Waals surface area contributed by atoms with E-state index >= 15 is 0 Å². The van der Waals surface area contributed by atoms with E-state index in [1.165, 1.54) is 5.56 Å². The molecule has 0 saturated carbocycles. The average Bonchev–Trinajstić information content (AvgIpc) is 2.18. The second-order valence-electron chi connectivity index (χ2n) is 5.09. The lowest BCUT2D eigenvalue weighted by atomic mass is 9.95. The Morgan fingerprint density at radius 2 is 1.94 bits per heavy atom. The minimum atomic E-state index is -0.619. The van der Waals surface area contributed by atoms with E-state index in [1.807, 2.05) is 19.9 Å². The summed E-state index contributed by atoms with van der Waals surface area (Å²) in [6.45, 7) is 8.02. The van der Waals surface area contributed by atoms with Gasteiger partial charge in [-0.05, 0) is 43.5 Å². The van der Waals surface area contributed by atoms with Crippen molar-refractivity contribution in [3.8, 4) is 5.75 Å². The maximum Gasteiger partial charge on any atom is 0.160 e. The van der Waals surface area contributed by atoms with Crippen LogP contribution in [0.1, 0.15) is 44.7 Å². The number of fused-ring (bicyclic) bond motifs is 1. The molecular formula is C14H18O2. The standard InChI is InChI=1S/C14H18O2/c1-9(2)10-5-6-12-11(7-10)8-13(15)14(3,4)16-12/h5-9,15H,1-4H3. The van der Waals surface area contributed by atoms with Gasteiger partial charge < -0.3 is 9.84 Å². The molecule has 1 heterocycles. The van der Waals surface area contributed by atoms with Gasteiger partial charge in [0.2, 0.25) is 0 Å². The summed E-state index contributed by atoms with van der Waals surface area (Å²) in [4.78, 5) is 0. The smallest absolute Gasteiger partial charge is 0.160 e. The minimum absolute atomic E-state index is 0.279. The van der Waals surface area contributed by atoms with Crippen LogP contribution in [0, 0.1) is 0 Å². The van der Waals surface area contributed by atoms with Crippen molar-refractivity contribution in [2.24, 2.45) is 0 Å². The number of ether oxygens (including phenoxy) is 1. The Morgan fingerprint density at radius 1 is 1.25 bits per heavy atom. The molecular weight excluding hydrogens is 200 g/mol. The van der Waals surface area contributed by atoms with Crippen LogP contribution >= 0.6 is 0 Å². The van der Waals surface area contributed by atoms with Gasteiger partial charge in [0.15, 0.2) is 5.60 Å². The molecule has 1 aromatic carbocycles. The van der Waals surface area contributed by atoms with Crippen molar-refractivity contribution in [2.45, 2.75) is 39.2 Å². The summed E-state index contributed by atoms with van der Waals surface area (Å²) in [5.74, 6) is 1.60. The van der Waals surface area contributed by atoms with E-state index < -0.39 is 5.60 Å². The normalized spacial score (nSPS) is 17.7. The van der Waals surface area contributed by atoms with Gasteiger partial charge in [-0.3, -0.25) is 0 Å². The number of rotatable bonds is 1. The molecule has 0 radical (unpaired) electrons. The summed E-state index contributed by atoms with van der Waals surface area (Å²) in [6, 6.07) is 6.14. The van der Waals surface area contributed by atoms with Crippen molar-refractivity contribution in [3.63, 3.8) is 0 Å². The highest BCUT2D eigenvalue weighted by Crippen LogP contribution is 2.35. The van der Waals surface area contributed by atoms with Gasteiger partial charge in [0, 0.05) is 5.56 Å². The molecule has 2 rings (SSSR count). The highest BCUT2D eigenvalue weighted by Gasteiger charge is 2.30. The van der Waals surface area contributed by atoms with E-state index in [0.29, 0.717) is 5.92 Å². The van der Waals surface area contributed by atoms with Crippen LogP contribution in [-0.2, 0) is 0 Å². The molecule has 1 N–H and O–H groups in total. The molecule has 0 amide bonds. The maximum atomic E-state index is 9.85. The van der Waals surface area contributed by atoms with Gasteiger partial charge in [-0.2, -0.15) is 0 Å². The van der Waals surface area contributed by atoms with Gasteiger partial charge in [-0.1, -0.05) is 19.9 Å². The van der Waals surface area contributed by atoms with E-state index in [0.717, 1.165) is 11.3 Å². The second-order valence-corrected chi connectivity index (χ2v) is 5.09. The van der Waals surface area contributed by atoms with Gasteiger partial charge in [-0.25, -0.2) is 0 Å². The van der Waals surface area contributed by atoms with Crippen LogP contribution in [0.3, 0.4) is 0 Å². The lowest BCUT2D eigenvalue weighted by Crippen LogP contribution is -2.33. The molecule has 2 heteroatoms.